The number of rotatable bonds is 6. The second-order valence-corrected chi connectivity index (χ2v) is 6.00. The summed E-state index contributed by atoms with van der Waals surface area (Å²) in [6.45, 7) is 0.820. The highest BCUT2D eigenvalue weighted by atomic mass is 32.2. The Labute approximate surface area is 112 Å². The first-order valence-electron chi connectivity index (χ1n) is 5.80. The van der Waals surface area contributed by atoms with Gasteiger partial charge in [-0.05, 0) is 13.1 Å². The van der Waals surface area contributed by atoms with Gasteiger partial charge in [0.25, 0.3) is 0 Å². The molecule has 2 aromatic rings. The number of aromatic nitrogens is 3. The van der Waals surface area contributed by atoms with E-state index in [1.807, 2.05) is 0 Å². The van der Waals surface area contributed by atoms with Crippen molar-refractivity contribution in [2.24, 2.45) is 7.05 Å². The minimum absolute atomic E-state index is 0.225. The third kappa shape index (κ3) is 3.43. The van der Waals surface area contributed by atoms with Crippen molar-refractivity contribution in [2.75, 3.05) is 7.05 Å². The van der Waals surface area contributed by atoms with Gasteiger partial charge in [-0.3, -0.25) is 4.68 Å². The number of hydrogen-bond acceptors (Lipinski definition) is 4. The van der Waals surface area contributed by atoms with Crippen LogP contribution in [0.2, 0.25) is 0 Å². The third-order valence-corrected chi connectivity index (χ3v) is 4.00. The zero-order chi connectivity index (χ0) is 13.9. The second kappa shape index (κ2) is 5.55. The van der Waals surface area contributed by atoms with Gasteiger partial charge in [0.15, 0.2) is 0 Å². The van der Waals surface area contributed by atoms with Crippen molar-refractivity contribution in [3.05, 3.63) is 35.9 Å². The van der Waals surface area contributed by atoms with E-state index in [0.717, 1.165) is 11.3 Å². The number of H-pyrrole nitrogens is 1. The van der Waals surface area contributed by atoms with E-state index in [0.29, 0.717) is 6.54 Å². The predicted octanol–water partition coefficient (Wildman–Crippen LogP) is -0.0539. The summed E-state index contributed by atoms with van der Waals surface area (Å²) in [5.41, 5.74) is 1.64. The van der Waals surface area contributed by atoms with Gasteiger partial charge < -0.3 is 10.3 Å². The Balaban J connectivity index is 2.04. The van der Waals surface area contributed by atoms with Crippen molar-refractivity contribution in [1.82, 2.24) is 24.8 Å². The van der Waals surface area contributed by atoms with Crippen LogP contribution in [0, 0.1) is 0 Å². The van der Waals surface area contributed by atoms with E-state index in [1.54, 1.807) is 37.2 Å². The molecule has 3 N–H and O–H groups in total. The molecule has 0 saturated heterocycles. The van der Waals surface area contributed by atoms with Crippen molar-refractivity contribution in [3.8, 4) is 0 Å². The van der Waals surface area contributed by atoms with E-state index in [2.05, 4.69) is 20.1 Å². The maximum absolute atomic E-state index is 12.1. The van der Waals surface area contributed by atoms with E-state index in [4.69, 9.17) is 0 Å². The standard InChI is InChI=1S/C11H17N5O2S/c1-12-6-10-3-11(7-13-10)19(17,18)15-5-9-4-14-16(2)8-9/h3-4,7-8,12-13,15H,5-6H2,1-2H3. The van der Waals surface area contributed by atoms with Crippen LogP contribution in [0.5, 0.6) is 0 Å². The van der Waals surface area contributed by atoms with Gasteiger partial charge in [0.2, 0.25) is 10.0 Å². The topological polar surface area (TPSA) is 91.8 Å². The maximum Gasteiger partial charge on any atom is 0.242 e. The second-order valence-electron chi connectivity index (χ2n) is 4.24. The highest BCUT2D eigenvalue weighted by molar-refractivity contribution is 7.89. The number of nitrogens with one attached hydrogen (secondary N) is 3. The number of aryl methyl sites for hydroxylation is 1. The van der Waals surface area contributed by atoms with E-state index in [9.17, 15) is 8.42 Å². The van der Waals surface area contributed by atoms with Crippen LogP contribution in [-0.2, 0) is 30.2 Å². The Kier molecular flexibility index (Phi) is 4.03. The number of aromatic amines is 1. The average molecular weight is 283 g/mol. The van der Waals surface area contributed by atoms with Crippen LogP contribution in [0.3, 0.4) is 0 Å². The molecule has 2 heterocycles. The fourth-order valence-electron chi connectivity index (χ4n) is 1.69. The van der Waals surface area contributed by atoms with Gasteiger partial charge in [0.1, 0.15) is 0 Å². The van der Waals surface area contributed by atoms with Crippen LogP contribution < -0.4 is 10.0 Å². The van der Waals surface area contributed by atoms with Crippen molar-refractivity contribution in [2.45, 2.75) is 18.0 Å². The molecule has 0 bridgehead atoms. The molecule has 0 radical (unpaired) electrons. The lowest BCUT2D eigenvalue weighted by atomic mass is 10.4. The summed E-state index contributed by atoms with van der Waals surface area (Å²) in [6, 6.07) is 1.61. The van der Waals surface area contributed by atoms with Gasteiger partial charge in [0.05, 0.1) is 11.1 Å². The highest BCUT2D eigenvalue weighted by Crippen LogP contribution is 2.11. The molecule has 104 valence electrons. The van der Waals surface area contributed by atoms with Gasteiger partial charge in [0, 0.05) is 43.8 Å². The first kappa shape index (κ1) is 13.8. The summed E-state index contributed by atoms with van der Waals surface area (Å²) in [5.74, 6) is 0. The smallest absolute Gasteiger partial charge is 0.242 e. The van der Waals surface area contributed by atoms with Crippen LogP contribution in [0.4, 0.5) is 0 Å². The molecule has 0 saturated carbocycles. The van der Waals surface area contributed by atoms with Crippen LogP contribution in [-0.4, -0.2) is 30.2 Å². The molecule has 7 nitrogen and oxygen atoms in total. The Hall–Kier alpha value is -1.64. The molecule has 2 aromatic heterocycles. The molecular weight excluding hydrogens is 266 g/mol. The zero-order valence-corrected chi connectivity index (χ0v) is 11.7. The molecule has 0 aliphatic rings. The lowest BCUT2D eigenvalue weighted by Gasteiger charge is -2.02. The molecule has 0 aliphatic carbocycles. The average Bonchev–Trinajstić information content (AvgIpc) is 2.97. The Morgan fingerprint density at radius 1 is 1.42 bits per heavy atom. The van der Waals surface area contributed by atoms with E-state index in [-0.39, 0.29) is 11.4 Å². The zero-order valence-electron chi connectivity index (χ0n) is 10.8. The van der Waals surface area contributed by atoms with E-state index in [1.165, 1.54) is 6.20 Å². The summed E-state index contributed by atoms with van der Waals surface area (Å²) >= 11 is 0. The summed E-state index contributed by atoms with van der Waals surface area (Å²) in [6.07, 6.45) is 4.89. The van der Waals surface area contributed by atoms with Gasteiger partial charge in [-0.2, -0.15) is 5.10 Å². The van der Waals surface area contributed by atoms with E-state index < -0.39 is 10.0 Å². The summed E-state index contributed by atoms with van der Waals surface area (Å²) < 4.78 is 28.3. The molecule has 0 amide bonds. The SMILES string of the molecule is CNCc1cc(S(=O)(=O)NCc2cnn(C)c2)c[nH]1. The molecule has 0 unspecified atom stereocenters. The highest BCUT2D eigenvalue weighted by Gasteiger charge is 2.15. The first-order valence-corrected chi connectivity index (χ1v) is 7.28. The van der Waals surface area contributed by atoms with Crippen molar-refractivity contribution < 1.29 is 8.42 Å². The quantitative estimate of drug-likeness (QED) is 0.693. The Bertz CT molecular complexity index is 644. The Morgan fingerprint density at radius 2 is 2.21 bits per heavy atom. The fourth-order valence-corrected chi connectivity index (χ4v) is 2.73. The molecule has 0 fully saturated rings. The molecule has 0 aliphatic heterocycles. The van der Waals surface area contributed by atoms with Crippen molar-refractivity contribution in [1.29, 1.82) is 0 Å². The van der Waals surface area contributed by atoms with Crippen LogP contribution in [0.15, 0.2) is 29.6 Å². The Morgan fingerprint density at radius 3 is 2.84 bits per heavy atom. The number of nitrogens with zero attached hydrogens (tertiary/aromatic N) is 2. The monoisotopic (exact) mass is 283 g/mol. The van der Waals surface area contributed by atoms with Crippen LogP contribution in [0.1, 0.15) is 11.3 Å². The molecule has 8 heteroatoms. The summed E-state index contributed by atoms with van der Waals surface area (Å²) in [4.78, 5) is 3.15. The lowest BCUT2D eigenvalue weighted by Crippen LogP contribution is -2.22. The van der Waals surface area contributed by atoms with Crippen molar-refractivity contribution >= 4 is 10.0 Å². The first-order chi connectivity index (χ1) is 9.01. The lowest BCUT2D eigenvalue weighted by molar-refractivity contribution is 0.581. The minimum Gasteiger partial charge on any atom is -0.363 e. The number of hydrogen-bond donors (Lipinski definition) is 3. The van der Waals surface area contributed by atoms with Crippen LogP contribution >= 0.6 is 0 Å². The van der Waals surface area contributed by atoms with Crippen LogP contribution in [0.25, 0.3) is 0 Å². The summed E-state index contributed by atoms with van der Waals surface area (Å²) in [7, 11) is 0.0944. The van der Waals surface area contributed by atoms with Gasteiger partial charge >= 0.3 is 0 Å². The third-order valence-electron chi connectivity index (χ3n) is 2.62. The fraction of sp³-hybridized carbons (Fsp3) is 0.364. The normalized spacial score (nSPS) is 11.9. The number of sulfonamides is 1. The molecule has 0 spiro atoms. The van der Waals surface area contributed by atoms with Gasteiger partial charge in [-0.1, -0.05) is 0 Å². The molecule has 0 aromatic carbocycles. The summed E-state index contributed by atoms with van der Waals surface area (Å²) in [5, 5.41) is 6.94. The molecule has 0 atom stereocenters. The predicted molar refractivity (Wildman–Crippen MR) is 70.8 cm³/mol. The molecule has 2 rings (SSSR count). The minimum atomic E-state index is -3.49. The van der Waals surface area contributed by atoms with Crippen molar-refractivity contribution in [3.63, 3.8) is 0 Å². The molecular formula is C11H17N5O2S. The van der Waals surface area contributed by atoms with Gasteiger partial charge in [-0.15, -0.1) is 0 Å². The molecule has 19 heavy (non-hydrogen) atoms. The van der Waals surface area contributed by atoms with Gasteiger partial charge in [-0.25, -0.2) is 13.1 Å². The largest absolute Gasteiger partial charge is 0.363 e. The van der Waals surface area contributed by atoms with E-state index >= 15 is 0 Å². The maximum atomic E-state index is 12.1.